The second-order valence-electron chi connectivity index (χ2n) is 3.03. The van der Waals surface area contributed by atoms with Crippen LogP contribution in [0, 0.1) is 5.92 Å². The fourth-order valence-corrected chi connectivity index (χ4v) is 1.21. The van der Waals surface area contributed by atoms with E-state index >= 15 is 0 Å². The van der Waals surface area contributed by atoms with Crippen LogP contribution in [0.4, 0.5) is 0 Å². The highest BCUT2D eigenvalue weighted by Gasteiger charge is 2.19. The normalized spacial score (nSPS) is 15.8. The Morgan fingerprint density at radius 2 is 1.71 bits per heavy atom. The van der Waals surface area contributed by atoms with Crippen molar-refractivity contribution in [3.05, 3.63) is 0 Å². The number of carboxylic acid groups (broad SMARTS) is 1. The SMILES string of the molecule is CC(=O)[O-].NC(=O)C1CC[NH2+]CC1.O. The Kier molecular flexibility index (Phi) is 9.27. The number of primary amides is 1. The summed E-state index contributed by atoms with van der Waals surface area (Å²) < 4.78 is 0. The molecule has 1 amide bonds. The van der Waals surface area contributed by atoms with Crippen molar-refractivity contribution in [2.24, 2.45) is 11.7 Å². The highest BCUT2D eigenvalue weighted by atomic mass is 16.4. The lowest BCUT2D eigenvalue weighted by molar-refractivity contribution is -0.663. The first-order valence-corrected chi connectivity index (χ1v) is 4.32. The van der Waals surface area contributed by atoms with E-state index < -0.39 is 5.97 Å². The maximum atomic E-state index is 10.6. The molecule has 0 unspecified atom stereocenters. The van der Waals surface area contributed by atoms with Gasteiger partial charge in [-0.1, -0.05) is 0 Å². The van der Waals surface area contributed by atoms with Gasteiger partial charge in [0.05, 0.1) is 13.1 Å². The van der Waals surface area contributed by atoms with Gasteiger partial charge in [-0.05, 0) is 6.92 Å². The minimum Gasteiger partial charge on any atom is -0.550 e. The molecule has 1 heterocycles. The summed E-state index contributed by atoms with van der Waals surface area (Å²) in [7, 11) is 0. The highest BCUT2D eigenvalue weighted by Crippen LogP contribution is 2.06. The second kappa shape index (κ2) is 8.46. The molecule has 84 valence electrons. The molecule has 0 aromatic heterocycles. The number of carboxylic acids is 1. The highest BCUT2D eigenvalue weighted by molar-refractivity contribution is 5.76. The molecule has 0 atom stereocenters. The Balaban J connectivity index is 0. The van der Waals surface area contributed by atoms with Crippen LogP contribution in [0.15, 0.2) is 0 Å². The maximum Gasteiger partial charge on any atom is 0.220 e. The van der Waals surface area contributed by atoms with Gasteiger partial charge >= 0.3 is 0 Å². The predicted molar refractivity (Wildman–Crippen MR) is 47.9 cm³/mol. The zero-order valence-electron chi connectivity index (χ0n) is 8.29. The number of carbonyl (C=O) groups excluding carboxylic acids is 2. The van der Waals surface area contributed by atoms with Gasteiger partial charge in [0.1, 0.15) is 0 Å². The molecule has 6 heteroatoms. The Hall–Kier alpha value is -1.14. The average Bonchev–Trinajstić information content (AvgIpc) is 2.05. The molecule has 0 aliphatic carbocycles. The molecule has 0 bridgehead atoms. The van der Waals surface area contributed by atoms with Gasteiger partial charge in [-0.15, -0.1) is 0 Å². The Labute approximate surface area is 82.8 Å². The van der Waals surface area contributed by atoms with Gasteiger partial charge < -0.3 is 26.4 Å². The fraction of sp³-hybridized carbons (Fsp3) is 0.750. The maximum absolute atomic E-state index is 10.6. The van der Waals surface area contributed by atoms with Crippen LogP contribution in [-0.4, -0.2) is 30.4 Å². The molecule has 0 aromatic rings. The van der Waals surface area contributed by atoms with E-state index in [0.717, 1.165) is 32.9 Å². The minimum absolute atomic E-state index is 0. The number of carbonyl (C=O) groups is 2. The number of nitrogens with two attached hydrogens (primary N) is 2. The molecule has 1 fully saturated rings. The van der Waals surface area contributed by atoms with E-state index in [1.165, 1.54) is 0 Å². The monoisotopic (exact) mass is 206 g/mol. The van der Waals surface area contributed by atoms with E-state index in [1.54, 1.807) is 0 Å². The quantitative estimate of drug-likeness (QED) is 0.459. The van der Waals surface area contributed by atoms with Gasteiger partial charge in [0.2, 0.25) is 5.91 Å². The van der Waals surface area contributed by atoms with E-state index in [4.69, 9.17) is 15.6 Å². The molecular weight excluding hydrogens is 188 g/mol. The third-order valence-electron chi connectivity index (χ3n) is 1.84. The van der Waals surface area contributed by atoms with Crippen LogP contribution < -0.4 is 16.2 Å². The van der Waals surface area contributed by atoms with E-state index in [0.29, 0.717) is 0 Å². The number of quaternary nitrogens is 1. The van der Waals surface area contributed by atoms with Gasteiger partial charge in [0, 0.05) is 24.7 Å². The van der Waals surface area contributed by atoms with Crippen LogP contribution in [0.25, 0.3) is 0 Å². The number of hydrogen-bond donors (Lipinski definition) is 2. The van der Waals surface area contributed by atoms with Crippen molar-refractivity contribution in [1.82, 2.24) is 0 Å². The lowest BCUT2D eigenvalue weighted by Gasteiger charge is -2.16. The number of hydrogen-bond acceptors (Lipinski definition) is 3. The smallest absolute Gasteiger partial charge is 0.220 e. The summed E-state index contributed by atoms with van der Waals surface area (Å²) in [4.78, 5) is 19.5. The molecule has 0 spiro atoms. The summed E-state index contributed by atoms with van der Waals surface area (Å²) in [6, 6.07) is 0. The van der Waals surface area contributed by atoms with Crippen molar-refractivity contribution >= 4 is 11.9 Å². The molecule has 6 N–H and O–H groups in total. The van der Waals surface area contributed by atoms with Gasteiger partial charge in [-0.2, -0.15) is 0 Å². The van der Waals surface area contributed by atoms with Crippen LogP contribution >= 0.6 is 0 Å². The molecular formula is C8H18N2O4. The van der Waals surface area contributed by atoms with Gasteiger partial charge in [-0.25, -0.2) is 0 Å². The Morgan fingerprint density at radius 1 is 1.36 bits per heavy atom. The van der Waals surface area contributed by atoms with E-state index in [2.05, 4.69) is 5.32 Å². The van der Waals surface area contributed by atoms with Crippen LogP contribution in [0.3, 0.4) is 0 Å². The van der Waals surface area contributed by atoms with Gasteiger partial charge in [0.25, 0.3) is 0 Å². The zero-order valence-corrected chi connectivity index (χ0v) is 8.29. The van der Waals surface area contributed by atoms with Crippen molar-refractivity contribution < 1.29 is 25.5 Å². The standard InChI is InChI=1S/C6H12N2O.C2H4O2.H2O/c7-6(9)5-1-3-8-4-2-5;1-2(3)4;/h5,8H,1-4H2,(H2,7,9);1H3,(H,3,4);1H2. The first-order valence-electron chi connectivity index (χ1n) is 4.32. The van der Waals surface area contributed by atoms with Crippen LogP contribution in [0.2, 0.25) is 0 Å². The predicted octanol–water partition coefficient (Wildman–Crippen LogP) is -3.62. The molecule has 0 saturated carbocycles. The number of piperidine rings is 1. The number of aliphatic carboxylic acids is 1. The number of amides is 1. The summed E-state index contributed by atoms with van der Waals surface area (Å²) in [6.45, 7) is 3.10. The molecule has 1 aliphatic heterocycles. The molecule has 6 nitrogen and oxygen atoms in total. The molecule has 14 heavy (non-hydrogen) atoms. The van der Waals surface area contributed by atoms with Crippen molar-refractivity contribution in [3.8, 4) is 0 Å². The summed E-state index contributed by atoms with van der Waals surface area (Å²) >= 11 is 0. The first-order chi connectivity index (χ1) is 6.04. The average molecular weight is 206 g/mol. The van der Waals surface area contributed by atoms with E-state index in [1.807, 2.05) is 0 Å². The third kappa shape index (κ3) is 8.95. The lowest BCUT2D eigenvalue weighted by atomic mass is 9.98. The lowest BCUT2D eigenvalue weighted by Crippen LogP contribution is -2.86. The first kappa shape index (κ1) is 15.3. The van der Waals surface area contributed by atoms with Gasteiger partial charge in [0.15, 0.2) is 0 Å². The molecule has 1 rings (SSSR count). The van der Waals surface area contributed by atoms with Crippen molar-refractivity contribution in [2.45, 2.75) is 19.8 Å². The largest absolute Gasteiger partial charge is 0.550 e. The van der Waals surface area contributed by atoms with Crippen molar-refractivity contribution in [2.75, 3.05) is 13.1 Å². The van der Waals surface area contributed by atoms with Gasteiger partial charge in [-0.3, -0.25) is 4.79 Å². The topological polar surface area (TPSA) is 131 Å². The summed E-state index contributed by atoms with van der Waals surface area (Å²) in [5, 5.41) is 11.1. The summed E-state index contributed by atoms with van der Waals surface area (Å²) in [5.74, 6) is -1.04. The fourth-order valence-electron chi connectivity index (χ4n) is 1.21. The second-order valence-corrected chi connectivity index (χ2v) is 3.03. The minimum atomic E-state index is -1.08. The van der Waals surface area contributed by atoms with E-state index in [-0.39, 0.29) is 17.3 Å². The molecule has 0 radical (unpaired) electrons. The van der Waals surface area contributed by atoms with Crippen LogP contribution in [0.1, 0.15) is 19.8 Å². The zero-order chi connectivity index (χ0) is 10.3. The number of rotatable bonds is 1. The summed E-state index contributed by atoms with van der Waals surface area (Å²) in [5.41, 5.74) is 5.11. The molecule has 1 saturated heterocycles. The third-order valence-corrected chi connectivity index (χ3v) is 1.84. The Morgan fingerprint density at radius 3 is 1.93 bits per heavy atom. The van der Waals surface area contributed by atoms with Crippen LogP contribution in [0.5, 0.6) is 0 Å². The van der Waals surface area contributed by atoms with Crippen LogP contribution in [-0.2, 0) is 9.59 Å². The van der Waals surface area contributed by atoms with Crippen molar-refractivity contribution in [3.63, 3.8) is 0 Å². The van der Waals surface area contributed by atoms with Crippen molar-refractivity contribution in [1.29, 1.82) is 0 Å². The van der Waals surface area contributed by atoms with E-state index in [9.17, 15) is 4.79 Å². The Bertz CT molecular complexity index is 174. The summed E-state index contributed by atoms with van der Waals surface area (Å²) in [6.07, 6.45) is 1.94. The molecule has 1 aliphatic rings. The molecule has 0 aromatic carbocycles.